The third kappa shape index (κ3) is 3.40. The Kier molecular flexibility index (Phi) is 4.69. The molecule has 0 aromatic heterocycles. The number of nitrogens with zero attached hydrogens (tertiary/aromatic N) is 2. The van der Waals surface area contributed by atoms with Crippen LogP contribution in [0.25, 0.3) is 0 Å². The van der Waals surface area contributed by atoms with Crippen molar-refractivity contribution in [2.24, 2.45) is 11.3 Å². The quantitative estimate of drug-likeness (QED) is 0.904. The molecular weight excluding hydrogens is 314 g/mol. The third-order valence-electron chi connectivity index (χ3n) is 6.36. The van der Waals surface area contributed by atoms with Gasteiger partial charge < -0.3 is 15.0 Å². The van der Waals surface area contributed by atoms with Gasteiger partial charge in [0.15, 0.2) is 0 Å². The molecule has 25 heavy (non-hydrogen) atoms. The minimum atomic E-state index is 0.301. The van der Waals surface area contributed by atoms with E-state index in [4.69, 9.17) is 4.74 Å². The molecule has 1 aromatic carbocycles. The highest BCUT2D eigenvalue weighted by Crippen LogP contribution is 2.59. The van der Waals surface area contributed by atoms with E-state index in [2.05, 4.69) is 27.2 Å². The highest BCUT2D eigenvalue weighted by molar-refractivity contribution is 5.83. The lowest BCUT2D eigenvalue weighted by Gasteiger charge is -2.35. The van der Waals surface area contributed by atoms with E-state index < -0.39 is 0 Å². The number of benzene rings is 1. The molecule has 1 aliphatic carbocycles. The Labute approximate surface area is 150 Å². The van der Waals surface area contributed by atoms with Gasteiger partial charge in [-0.1, -0.05) is 18.2 Å². The van der Waals surface area contributed by atoms with Gasteiger partial charge in [-0.15, -0.1) is 0 Å². The van der Waals surface area contributed by atoms with Crippen molar-refractivity contribution >= 4 is 5.91 Å². The number of carbonyl (C=O) groups is 1. The summed E-state index contributed by atoms with van der Waals surface area (Å²) in [6.45, 7) is 6.67. The molecule has 5 heteroatoms. The van der Waals surface area contributed by atoms with Crippen LogP contribution in [-0.4, -0.2) is 62.1 Å². The maximum absolute atomic E-state index is 12.9. The molecule has 1 saturated carbocycles. The van der Waals surface area contributed by atoms with E-state index >= 15 is 0 Å². The van der Waals surface area contributed by atoms with Crippen LogP contribution in [0.5, 0.6) is 5.75 Å². The lowest BCUT2D eigenvalue weighted by atomic mass is 9.91. The molecule has 1 aromatic rings. The zero-order valence-electron chi connectivity index (χ0n) is 15.2. The second-order valence-corrected chi connectivity index (χ2v) is 7.78. The molecule has 1 N–H and O–H groups in total. The number of piperidine rings is 1. The van der Waals surface area contributed by atoms with Crippen LogP contribution < -0.4 is 10.1 Å². The van der Waals surface area contributed by atoms with Crippen molar-refractivity contribution in [1.82, 2.24) is 15.1 Å². The second-order valence-electron chi connectivity index (χ2n) is 7.78. The fourth-order valence-corrected chi connectivity index (χ4v) is 4.60. The van der Waals surface area contributed by atoms with Crippen molar-refractivity contribution in [3.63, 3.8) is 0 Å². The van der Waals surface area contributed by atoms with Crippen LogP contribution in [0, 0.1) is 11.3 Å². The van der Waals surface area contributed by atoms with Gasteiger partial charge in [0.25, 0.3) is 0 Å². The lowest BCUT2D eigenvalue weighted by molar-refractivity contribution is -0.135. The summed E-state index contributed by atoms with van der Waals surface area (Å²) in [4.78, 5) is 17.4. The summed E-state index contributed by atoms with van der Waals surface area (Å²) in [6, 6.07) is 8.20. The number of amides is 1. The molecule has 4 rings (SSSR count). The molecule has 1 spiro atoms. The summed E-state index contributed by atoms with van der Waals surface area (Å²) in [5, 5.41) is 3.42. The van der Waals surface area contributed by atoms with Crippen LogP contribution in [-0.2, 0) is 11.3 Å². The van der Waals surface area contributed by atoms with Gasteiger partial charge in [0, 0.05) is 44.2 Å². The molecule has 1 unspecified atom stereocenters. The molecule has 5 nitrogen and oxygen atoms in total. The van der Waals surface area contributed by atoms with Crippen molar-refractivity contribution in [3.05, 3.63) is 29.8 Å². The van der Waals surface area contributed by atoms with E-state index in [1.165, 1.54) is 18.4 Å². The van der Waals surface area contributed by atoms with Crippen molar-refractivity contribution in [2.45, 2.75) is 25.8 Å². The normalized spacial score (nSPS) is 25.8. The maximum atomic E-state index is 12.9. The molecule has 3 aliphatic rings. The lowest BCUT2D eigenvalue weighted by Crippen LogP contribution is -2.49. The van der Waals surface area contributed by atoms with Crippen molar-refractivity contribution in [3.8, 4) is 5.75 Å². The Hall–Kier alpha value is -1.59. The van der Waals surface area contributed by atoms with Gasteiger partial charge in [-0.25, -0.2) is 0 Å². The zero-order chi connectivity index (χ0) is 17.3. The minimum Gasteiger partial charge on any atom is -0.496 e. The number of nitrogens with one attached hydrogen (secondary N) is 1. The van der Waals surface area contributed by atoms with Crippen molar-refractivity contribution < 1.29 is 9.53 Å². The Morgan fingerprint density at radius 1 is 1.20 bits per heavy atom. The van der Waals surface area contributed by atoms with Crippen LogP contribution in [0.1, 0.15) is 24.8 Å². The molecule has 1 amide bonds. The Bertz CT molecular complexity index is 619. The SMILES string of the molecule is COc1ccccc1CN1CCN(C(=O)C2CC23CCNCC3)CC1. The Balaban J connectivity index is 1.29. The predicted molar refractivity (Wildman–Crippen MR) is 97.5 cm³/mol. The topological polar surface area (TPSA) is 44.8 Å². The monoisotopic (exact) mass is 343 g/mol. The summed E-state index contributed by atoms with van der Waals surface area (Å²) >= 11 is 0. The third-order valence-corrected chi connectivity index (χ3v) is 6.36. The van der Waals surface area contributed by atoms with Gasteiger partial charge in [0.1, 0.15) is 5.75 Å². The standard InChI is InChI=1S/C20H29N3O2/c1-25-18-5-3-2-4-16(18)15-22-10-12-23(13-11-22)19(24)17-14-20(17)6-8-21-9-7-20/h2-5,17,21H,6-15H2,1H3. The van der Waals surface area contributed by atoms with E-state index in [1.54, 1.807) is 7.11 Å². The summed E-state index contributed by atoms with van der Waals surface area (Å²) in [7, 11) is 1.72. The number of piperazine rings is 1. The van der Waals surface area contributed by atoms with E-state index in [1.807, 2.05) is 12.1 Å². The molecule has 2 saturated heterocycles. The fourth-order valence-electron chi connectivity index (χ4n) is 4.60. The fraction of sp³-hybridized carbons (Fsp3) is 0.650. The first kappa shape index (κ1) is 16.9. The van der Waals surface area contributed by atoms with Gasteiger partial charge in [-0.3, -0.25) is 9.69 Å². The van der Waals surface area contributed by atoms with E-state index in [0.29, 0.717) is 17.2 Å². The van der Waals surface area contributed by atoms with Gasteiger partial charge >= 0.3 is 0 Å². The first-order valence-corrected chi connectivity index (χ1v) is 9.56. The molecule has 3 fully saturated rings. The average Bonchev–Trinajstić information content (AvgIpc) is 3.35. The first-order chi connectivity index (χ1) is 12.2. The largest absolute Gasteiger partial charge is 0.496 e. The summed E-state index contributed by atoms with van der Waals surface area (Å²) in [5.74, 6) is 1.67. The van der Waals surface area contributed by atoms with E-state index in [9.17, 15) is 4.79 Å². The number of ether oxygens (including phenoxy) is 1. The smallest absolute Gasteiger partial charge is 0.226 e. The van der Waals surface area contributed by atoms with Crippen molar-refractivity contribution in [2.75, 3.05) is 46.4 Å². The Morgan fingerprint density at radius 3 is 2.64 bits per heavy atom. The number of hydrogen-bond donors (Lipinski definition) is 1. The number of hydrogen-bond acceptors (Lipinski definition) is 4. The summed E-state index contributed by atoms with van der Waals surface area (Å²) in [6.07, 6.45) is 3.48. The van der Waals surface area contributed by atoms with E-state index in [-0.39, 0.29) is 0 Å². The summed E-state index contributed by atoms with van der Waals surface area (Å²) < 4.78 is 5.45. The molecule has 2 heterocycles. The first-order valence-electron chi connectivity index (χ1n) is 9.56. The molecule has 136 valence electrons. The van der Waals surface area contributed by atoms with Gasteiger partial charge in [-0.2, -0.15) is 0 Å². The van der Waals surface area contributed by atoms with Crippen LogP contribution in [0.4, 0.5) is 0 Å². The average molecular weight is 343 g/mol. The van der Waals surface area contributed by atoms with E-state index in [0.717, 1.165) is 58.0 Å². The second kappa shape index (κ2) is 6.96. The molecule has 1 atom stereocenters. The van der Waals surface area contributed by atoms with Crippen LogP contribution >= 0.6 is 0 Å². The van der Waals surface area contributed by atoms with Crippen LogP contribution in [0.2, 0.25) is 0 Å². The maximum Gasteiger partial charge on any atom is 0.226 e. The minimum absolute atomic E-state index is 0.301. The summed E-state index contributed by atoms with van der Waals surface area (Å²) in [5.41, 5.74) is 1.57. The van der Waals surface area contributed by atoms with Crippen LogP contribution in [0.15, 0.2) is 24.3 Å². The van der Waals surface area contributed by atoms with Gasteiger partial charge in [-0.05, 0) is 43.8 Å². The van der Waals surface area contributed by atoms with Crippen LogP contribution in [0.3, 0.4) is 0 Å². The number of rotatable bonds is 4. The highest BCUT2D eigenvalue weighted by atomic mass is 16.5. The molecule has 2 aliphatic heterocycles. The van der Waals surface area contributed by atoms with Crippen molar-refractivity contribution in [1.29, 1.82) is 0 Å². The van der Waals surface area contributed by atoms with Gasteiger partial charge in [0.05, 0.1) is 7.11 Å². The highest BCUT2D eigenvalue weighted by Gasteiger charge is 2.58. The van der Waals surface area contributed by atoms with Gasteiger partial charge in [0.2, 0.25) is 5.91 Å². The number of para-hydroxylation sites is 1. The zero-order valence-corrected chi connectivity index (χ0v) is 15.2. The number of carbonyl (C=O) groups excluding carboxylic acids is 1. The number of methoxy groups -OCH3 is 1. The predicted octanol–water partition coefficient (Wildman–Crippen LogP) is 1.73. The molecule has 0 radical (unpaired) electrons. The molecular formula is C20H29N3O2. The Morgan fingerprint density at radius 2 is 1.92 bits per heavy atom. The molecule has 0 bridgehead atoms.